The number of amides is 2. The number of benzene rings is 3. The van der Waals surface area contributed by atoms with Gasteiger partial charge in [0.15, 0.2) is 0 Å². The maximum absolute atomic E-state index is 13.1. The molecule has 0 aliphatic rings. The number of carbonyl (C=O) groups is 2. The van der Waals surface area contributed by atoms with Crippen LogP contribution in [0.1, 0.15) is 32.0 Å². The summed E-state index contributed by atoms with van der Waals surface area (Å²) in [5.41, 5.74) is 2.92. The van der Waals surface area contributed by atoms with Crippen molar-refractivity contribution in [3.05, 3.63) is 126 Å². The fourth-order valence-corrected chi connectivity index (χ4v) is 4.25. The smallest absolute Gasteiger partial charge is 0.352 e. The average Bonchev–Trinajstić information content (AvgIpc) is 2.97. The summed E-state index contributed by atoms with van der Waals surface area (Å²) in [4.78, 5) is 34.4. The highest BCUT2D eigenvalue weighted by atomic mass is 19.4. The minimum Gasteiger partial charge on any atom is -0.352 e. The summed E-state index contributed by atoms with van der Waals surface area (Å²) in [5, 5.41) is 6.42. The number of fused-ring (bicyclic) bond motifs is 1. The number of nitrogens with one attached hydrogen (secondary N) is 2. The normalized spacial score (nSPS) is 11.3. The second-order valence-corrected chi connectivity index (χ2v) is 9.03. The Morgan fingerprint density at radius 1 is 0.800 bits per heavy atom. The van der Waals surface area contributed by atoms with Crippen molar-refractivity contribution in [2.24, 2.45) is 0 Å². The molecule has 6 nitrogen and oxygen atoms in total. The fraction of sp³-hybridized carbons (Fsp3) is 0.0968. The molecule has 9 heteroatoms. The summed E-state index contributed by atoms with van der Waals surface area (Å²) < 4.78 is 38.9. The molecule has 5 aromatic rings. The molecule has 2 aromatic heterocycles. The fourth-order valence-electron chi connectivity index (χ4n) is 4.25. The van der Waals surface area contributed by atoms with E-state index in [-0.39, 0.29) is 5.91 Å². The van der Waals surface area contributed by atoms with Crippen LogP contribution in [0.15, 0.2) is 103 Å². The molecule has 0 fully saturated rings. The molecule has 0 saturated heterocycles. The molecule has 0 spiro atoms. The van der Waals surface area contributed by atoms with Crippen molar-refractivity contribution in [3.8, 4) is 11.1 Å². The number of alkyl halides is 3. The molecule has 3 aromatic carbocycles. The Hall–Kier alpha value is -5.05. The standard InChI is InChI=1S/C31H23F3N4O2/c32-31(33,34)23-11-8-20(9-12-23)26-6-1-2-7-27(26)30(40)38-25-13-10-21-17-22(19-37-28(21)18-25)29(39)36-16-14-24-5-3-4-15-35-24/h1-13,15,17-19H,14,16H2,(H,36,39)(H,38,40). The van der Waals surface area contributed by atoms with Gasteiger partial charge in [-0.3, -0.25) is 19.6 Å². The largest absolute Gasteiger partial charge is 0.416 e. The van der Waals surface area contributed by atoms with Crippen molar-refractivity contribution < 1.29 is 22.8 Å². The van der Waals surface area contributed by atoms with E-state index in [1.165, 1.54) is 18.3 Å². The number of pyridine rings is 2. The summed E-state index contributed by atoms with van der Waals surface area (Å²) in [5.74, 6) is -0.665. The van der Waals surface area contributed by atoms with Gasteiger partial charge in [0.25, 0.3) is 11.8 Å². The highest BCUT2D eigenvalue weighted by Gasteiger charge is 2.30. The quantitative estimate of drug-likeness (QED) is 0.246. The molecular formula is C31H23F3N4O2. The highest BCUT2D eigenvalue weighted by Crippen LogP contribution is 2.32. The molecule has 2 N–H and O–H groups in total. The van der Waals surface area contributed by atoms with Crippen LogP contribution in [0.25, 0.3) is 22.0 Å². The highest BCUT2D eigenvalue weighted by molar-refractivity contribution is 6.09. The average molecular weight is 541 g/mol. The molecule has 0 aliphatic carbocycles. The van der Waals surface area contributed by atoms with Gasteiger partial charge in [-0.1, -0.05) is 42.5 Å². The second-order valence-electron chi connectivity index (χ2n) is 9.03. The Kier molecular flexibility index (Phi) is 7.54. The van der Waals surface area contributed by atoms with Crippen molar-refractivity contribution in [2.45, 2.75) is 12.6 Å². The Morgan fingerprint density at radius 3 is 2.33 bits per heavy atom. The number of anilines is 1. The van der Waals surface area contributed by atoms with E-state index in [1.807, 2.05) is 18.2 Å². The predicted octanol–water partition coefficient (Wildman–Crippen LogP) is 6.54. The van der Waals surface area contributed by atoms with Crippen molar-refractivity contribution in [1.82, 2.24) is 15.3 Å². The third kappa shape index (κ3) is 6.15. The summed E-state index contributed by atoms with van der Waals surface area (Å²) in [6.45, 7) is 0.437. The van der Waals surface area contributed by atoms with Crippen molar-refractivity contribution >= 4 is 28.4 Å². The zero-order valence-electron chi connectivity index (χ0n) is 21.1. The number of carbonyl (C=O) groups excluding carboxylic acids is 2. The van der Waals surface area contributed by atoms with Crippen LogP contribution in [0.2, 0.25) is 0 Å². The Labute approximate surface area is 227 Å². The van der Waals surface area contributed by atoms with Gasteiger partial charge in [-0.15, -0.1) is 0 Å². The number of rotatable bonds is 7. The van der Waals surface area contributed by atoms with Gasteiger partial charge in [-0.2, -0.15) is 13.2 Å². The van der Waals surface area contributed by atoms with Crippen LogP contribution in [-0.4, -0.2) is 28.3 Å². The topological polar surface area (TPSA) is 84.0 Å². The lowest BCUT2D eigenvalue weighted by molar-refractivity contribution is -0.137. The van der Waals surface area contributed by atoms with Crippen LogP contribution < -0.4 is 10.6 Å². The third-order valence-corrected chi connectivity index (χ3v) is 6.29. The van der Waals surface area contributed by atoms with E-state index in [2.05, 4.69) is 20.6 Å². The monoisotopic (exact) mass is 540 g/mol. The summed E-state index contributed by atoms with van der Waals surface area (Å²) in [7, 11) is 0. The SMILES string of the molecule is O=C(NCCc1ccccn1)c1cnc2cc(NC(=O)c3ccccc3-c3ccc(C(F)(F)F)cc3)ccc2c1. The van der Waals surface area contributed by atoms with Crippen molar-refractivity contribution in [2.75, 3.05) is 11.9 Å². The minimum absolute atomic E-state index is 0.248. The van der Waals surface area contributed by atoms with E-state index < -0.39 is 17.6 Å². The molecule has 0 unspecified atom stereocenters. The Balaban J connectivity index is 1.28. The molecule has 2 amide bonds. The van der Waals surface area contributed by atoms with E-state index in [1.54, 1.807) is 54.7 Å². The summed E-state index contributed by atoms with van der Waals surface area (Å²) in [6, 6.07) is 23.9. The van der Waals surface area contributed by atoms with Gasteiger partial charge in [-0.05, 0) is 59.7 Å². The molecule has 0 aliphatic heterocycles. The lowest BCUT2D eigenvalue weighted by atomic mass is 9.98. The number of nitrogens with zero attached hydrogens (tertiary/aromatic N) is 2. The van der Waals surface area contributed by atoms with Gasteiger partial charge in [0, 0.05) is 47.7 Å². The number of aromatic nitrogens is 2. The molecule has 40 heavy (non-hydrogen) atoms. The van der Waals surface area contributed by atoms with Crippen LogP contribution in [-0.2, 0) is 12.6 Å². The van der Waals surface area contributed by atoms with E-state index in [0.29, 0.717) is 46.4 Å². The van der Waals surface area contributed by atoms with E-state index in [4.69, 9.17) is 0 Å². The molecule has 200 valence electrons. The van der Waals surface area contributed by atoms with E-state index in [9.17, 15) is 22.8 Å². The molecule has 2 heterocycles. The maximum atomic E-state index is 13.1. The van der Waals surface area contributed by atoms with Gasteiger partial charge in [-0.25, -0.2) is 0 Å². The first-order valence-electron chi connectivity index (χ1n) is 12.4. The molecule has 0 atom stereocenters. The zero-order valence-corrected chi connectivity index (χ0v) is 21.1. The molecular weight excluding hydrogens is 517 g/mol. The number of hydrogen-bond donors (Lipinski definition) is 2. The lowest BCUT2D eigenvalue weighted by Crippen LogP contribution is -2.26. The van der Waals surface area contributed by atoms with Gasteiger partial charge >= 0.3 is 6.18 Å². The van der Waals surface area contributed by atoms with Crippen LogP contribution in [0.3, 0.4) is 0 Å². The second kappa shape index (κ2) is 11.4. The number of halogens is 3. The zero-order chi connectivity index (χ0) is 28.1. The van der Waals surface area contributed by atoms with E-state index >= 15 is 0 Å². The predicted molar refractivity (Wildman–Crippen MR) is 147 cm³/mol. The van der Waals surface area contributed by atoms with Gasteiger partial charge in [0.05, 0.1) is 16.6 Å². The van der Waals surface area contributed by atoms with Crippen LogP contribution >= 0.6 is 0 Å². The third-order valence-electron chi connectivity index (χ3n) is 6.29. The number of hydrogen-bond acceptors (Lipinski definition) is 4. The molecule has 5 rings (SSSR count). The first-order valence-corrected chi connectivity index (χ1v) is 12.4. The Bertz CT molecular complexity index is 1670. The van der Waals surface area contributed by atoms with Crippen LogP contribution in [0, 0.1) is 0 Å². The molecule has 0 radical (unpaired) electrons. The molecule has 0 bridgehead atoms. The van der Waals surface area contributed by atoms with Crippen LogP contribution in [0.5, 0.6) is 0 Å². The van der Waals surface area contributed by atoms with Gasteiger partial charge in [0.2, 0.25) is 0 Å². The summed E-state index contributed by atoms with van der Waals surface area (Å²) >= 11 is 0. The van der Waals surface area contributed by atoms with Crippen LogP contribution in [0.4, 0.5) is 18.9 Å². The Morgan fingerprint density at radius 2 is 1.57 bits per heavy atom. The maximum Gasteiger partial charge on any atom is 0.416 e. The lowest BCUT2D eigenvalue weighted by Gasteiger charge is -2.12. The van der Waals surface area contributed by atoms with Crippen molar-refractivity contribution in [3.63, 3.8) is 0 Å². The van der Waals surface area contributed by atoms with Crippen molar-refractivity contribution in [1.29, 1.82) is 0 Å². The van der Waals surface area contributed by atoms with E-state index in [0.717, 1.165) is 23.2 Å². The van der Waals surface area contributed by atoms with Gasteiger partial charge in [0.1, 0.15) is 0 Å². The van der Waals surface area contributed by atoms with Gasteiger partial charge < -0.3 is 10.6 Å². The minimum atomic E-state index is -4.44. The first kappa shape index (κ1) is 26.6. The molecule has 0 saturated carbocycles. The summed E-state index contributed by atoms with van der Waals surface area (Å²) in [6.07, 6.45) is -0.647. The first-order chi connectivity index (χ1) is 19.3.